The number of rotatable bonds is 8. The molecule has 1 unspecified atom stereocenters. The van der Waals surface area contributed by atoms with Crippen molar-refractivity contribution in [2.45, 2.75) is 13.0 Å². The van der Waals surface area contributed by atoms with Crippen molar-refractivity contribution in [3.05, 3.63) is 65.0 Å². The Morgan fingerprint density at radius 1 is 1.12 bits per heavy atom. The molecule has 1 aliphatic rings. The summed E-state index contributed by atoms with van der Waals surface area (Å²) in [6.45, 7) is 3.16. The van der Waals surface area contributed by atoms with Crippen molar-refractivity contribution in [3.8, 4) is 11.5 Å². The molecule has 1 atom stereocenters. The molecule has 0 aromatic heterocycles. The van der Waals surface area contributed by atoms with E-state index in [1.165, 1.54) is 24.1 Å². The Bertz CT molecular complexity index is 1030. The van der Waals surface area contributed by atoms with Gasteiger partial charge in [-0.1, -0.05) is 24.0 Å². The van der Waals surface area contributed by atoms with Crippen LogP contribution in [0.15, 0.2) is 48.0 Å². The van der Waals surface area contributed by atoms with Crippen molar-refractivity contribution in [2.24, 2.45) is 0 Å². The predicted molar refractivity (Wildman–Crippen MR) is 115 cm³/mol. The van der Waals surface area contributed by atoms with E-state index in [4.69, 9.17) is 9.47 Å². The van der Waals surface area contributed by atoms with Crippen LogP contribution in [0.2, 0.25) is 0 Å². The average molecular weight is 442 g/mol. The predicted octanol–water partition coefficient (Wildman–Crippen LogP) is 0.602. The van der Waals surface area contributed by atoms with Gasteiger partial charge in [-0.15, -0.1) is 0 Å². The van der Waals surface area contributed by atoms with Gasteiger partial charge in [0.15, 0.2) is 11.5 Å². The van der Waals surface area contributed by atoms with E-state index >= 15 is 0 Å². The lowest BCUT2D eigenvalue weighted by molar-refractivity contribution is -0.857. The third kappa shape index (κ3) is 4.60. The molecule has 170 valence electrons. The maximum Gasteiger partial charge on any atom is 0.295 e. The number of ether oxygens (including phenoxy) is 2. The quantitative estimate of drug-likeness (QED) is 0.368. The number of halogens is 1. The van der Waals surface area contributed by atoms with Gasteiger partial charge in [-0.25, -0.2) is 4.39 Å². The SMILES string of the molecule is CCOc1ccc(C2C(=C([O-])c3ccc(F)cc3)C(=O)C(=O)N2CC[NH+](C)C)cc1OC. The molecule has 8 heteroatoms. The normalized spacial score (nSPS) is 17.8. The minimum atomic E-state index is -0.878. The van der Waals surface area contributed by atoms with Crippen LogP contribution in [0, 0.1) is 5.82 Å². The lowest BCUT2D eigenvalue weighted by atomic mass is 9.95. The molecule has 0 bridgehead atoms. The minimum Gasteiger partial charge on any atom is -0.872 e. The molecule has 0 saturated carbocycles. The summed E-state index contributed by atoms with van der Waals surface area (Å²) in [4.78, 5) is 28.4. The summed E-state index contributed by atoms with van der Waals surface area (Å²) in [6, 6.07) is 9.13. The fourth-order valence-corrected chi connectivity index (χ4v) is 3.68. The molecule has 32 heavy (non-hydrogen) atoms. The topological polar surface area (TPSA) is 83.3 Å². The molecule has 0 spiro atoms. The van der Waals surface area contributed by atoms with E-state index < -0.39 is 29.3 Å². The first-order valence-electron chi connectivity index (χ1n) is 10.4. The first-order valence-corrected chi connectivity index (χ1v) is 10.4. The number of amides is 1. The Kier molecular flexibility index (Phi) is 7.15. The van der Waals surface area contributed by atoms with Gasteiger partial charge in [0, 0.05) is 5.57 Å². The summed E-state index contributed by atoms with van der Waals surface area (Å²) in [6.07, 6.45) is 0. The molecule has 1 N–H and O–H groups in total. The highest BCUT2D eigenvalue weighted by Gasteiger charge is 2.44. The van der Waals surface area contributed by atoms with Gasteiger partial charge in [-0.3, -0.25) is 9.59 Å². The number of likely N-dealkylation sites (N-methyl/N-ethyl adjacent to an activating group) is 1. The van der Waals surface area contributed by atoms with E-state index in [9.17, 15) is 19.1 Å². The van der Waals surface area contributed by atoms with E-state index in [2.05, 4.69) is 0 Å². The van der Waals surface area contributed by atoms with Crippen LogP contribution < -0.4 is 19.5 Å². The van der Waals surface area contributed by atoms with Crippen molar-refractivity contribution >= 4 is 17.4 Å². The van der Waals surface area contributed by atoms with Gasteiger partial charge >= 0.3 is 0 Å². The molecule has 1 amide bonds. The number of hydrogen-bond acceptors (Lipinski definition) is 5. The second-order valence-corrected chi connectivity index (χ2v) is 7.78. The lowest BCUT2D eigenvalue weighted by Gasteiger charge is -2.28. The first-order chi connectivity index (χ1) is 15.3. The van der Waals surface area contributed by atoms with Gasteiger partial charge in [0.1, 0.15) is 5.82 Å². The first kappa shape index (κ1) is 23.3. The number of likely N-dealkylation sites (tertiary alicyclic amines) is 1. The van der Waals surface area contributed by atoms with Gasteiger partial charge in [0.05, 0.1) is 46.9 Å². The summed E-state index contributed by atoms with van der Waals surface area (Å²) in [5, 5.41) is 13.3. The number of nitrogens with zero attached hydrogens (tertiary/aromatic N) is 1. The molecule has 3 rings (SSSR count). The zero-order valence-corrected chi connectivity index (χ0v) is 18.6. The Hall–Kier alpha value is -3.39. The number of carbonyl (C=O) groups excluding carboxylic acids is 2. The Balaban J connectivity index is 2.16. The Morgan fingerprint density at radius 3 is 2.41 bits per heavy atom. The van der Waals surface area contributed by atoms with Gasteiger partial charge in [0.2, 0.25) is 5.78 Å². The standard InChI is InChI=1S/C24H27FN2O5/c1-5-32-18-11-8-16(14-19(18)31-4)21-20(22(28)15-6-9-17(25)10-7-15)23(29)24(30)27(21)13-12-26(2)3/h6-11,14,21,28H,5,12-13H2,1-4H3. The maximum atomic E-state index is 13.4. The molecule has 1 saturated heterocycles. The summed E-state index contributed by atoms with van der Waals surface area (Å²) in [5.74, 6) is -1.71. The molecule has 1 fully saturated rings. The van der Waals surface area contributed by atoms with Gasteiger partial charge in [0.25, 0.3) is 5.91 Å². The Labute approximate surface area is 186 Å². The van der Waals surface area contributed by atoms with Crippen LogP contribution in [0.3, 0.4) is 0 Å². The minimum absolute atomic E-state index is 0.144. The van der Waals surface area contributed by atoms with E-state index in [0.717, 1.165) is 17.0 Å². The monoisotopic (exact) mass is 442 g/mol. The smallest absolute Gasteiger partial charge is 0.295 e. The molecule has 1 heterocycles. The van der Waals surface area contributed by atoms with Gasteiger partial charge in [-0.05, 0) is 42.3 Å². The average Bonchev–Trinajstić information content (AvgIpc) is 3.03. The molecule has 0 aliphatic carbocycles. The van der Waals surface area contributed by atoms with Gasteiger partial charge in [-0.2, -0.15) is 0 Å². The van der Waals surface area contributed by atoms with Crippen molar-refractivity contribution in [2.75, 3.05) is 40.9 Å². The van der Waals surface area contributed by atoms with Crippen molar-refractivity contribution < 1.29 is 33.5 Å². The van der Waals surface area contributed by atoms with Crippen LogP contribution in [-0.4, -0.2) is 57.5 Å². The van der Waals surface area contributed by atoms with E-state index in [0.29, 0.717) is 30.2 Å². The van der Waals surface area contributed by atoms with Crippen LogP contribution in [-0.2, 0) is 9.59 Å². The molecule has 2 aromatic carbocycles. The molecular weight excluding hydrogens is 415 g/mol. The highest BCUT2D eigenvalue weighted by atomic mass is 19.1. The highest BCUT2D eigenvalue weighted by molar-refractivity contribution is 6.46. The fourth-order valence-electron chi connectivity index (χ4n) is 3.68. The Morgan fingerprint density at radius 2 is 1.81 bits per heavy atom. The molecule has 1 aliphatic heterocycles. The van der Waals surface area contributed by atoms with Crippen LogP contribution in [0.4, 0.5) is 4.39 Å². The molecular formula is C24H27FN2O5. The van der Waals surface area contributed by atoms with Crippen LogP contribution in [0.5, 0.6) is 11.5 Å². The number of ketones is 1. The zero-order valence-electron chi connectivity index (χ0n) is 18.6. The third-order valence-electron chi connectivity index (χ3n) is 5.29. The number of nitrogens with one attached hydrogen (secondary N) is 1. The van der Waals surface area contributed by atoms with Crippen LogP contribution in [0.1, 0.15) is 24.1 Å². The number of quaternary nitrogens is 1. The second kappa shape index (κ2) is 9.82. The number of Topliss-reactive ketones (excluding diaryl/α,β-unsaturated/α-hetero) is 1. The summed E-state index contributed by atoms with van der Waals surface area (Å²) in [7, 11) is 5.37. The summed E-state index contributed by atoms with van der Waals surface area (Å²) >= 11 is 0. The third-order valence-corrected chi connectivity index (χ3v) is 5.29. The number of carbonyl (C=O) groups is 2. The van der Waals surface area contributed by atoms with Crippen LogP contribution >= 0.6 is 0 Å². The lowest BCUT2D eigenvalue weighted by Crippen LogP contribution is -3.06. The molecule has 0 radical (unpaired) electrons. The second-order valence-electron chi connectivity index (χ2n) is 7.78. The van der Waals surface area contributed by atoms with Crippen molar-refractivity contribution in [1.82, 2.24) is 4.90 Å². The van der Waals surface area contributed by atoms with Crippen molar-refractivity contribution in [1.29, 1.82) is 0 Å². The number of hydrogen-bond donors (Lipinski definition) is 1. The summed E-state index contributed by atoms with van der Waals surface area (Å²) < 4.78 is 24.3. The largest absolute Gasteiger partial charge is 0.872 e. The summed E-state index contributed by atoms with van der Waals surface area (Å²) in [5.41, 5.74) is 0.552. The van der Waals surface area contributed by atoms with E-state index in [1.54, 1.807) is 18.2 Å². The fraction of sp³-hybridized carbons (Fsp3) is 0.333. The zero-order chi connectivity index (χ0) is 23.4. The molecule has 7 nitrogen and oxygen atoms in total. The van der Waals surface area contributed by atoms with E-state index in [-0.39, 0.29) is 17.7 Å². The van der Waals surface area contributed by atoms with Crippen molar-refractivity contribution in [3.63, 3.8) is 0 Å². The van der Waals surface area contributed by atoms with E-state index in [1.807, 2.05) is 21.0 Å². The number of benzene rings is 2. The molecule has 2 aromatic rings. The number of methoxy groups -OCH3 is 1. The van der Waals surface area contributed by atoms with Gasteiger partial charge < -0.3 is 24.4 Å². The highest BCUT2D eigenvalue weighted by Crippen LogP contribution is 2.41. The van der Waals surface area contributed by atoms with Crippen LogP contribution in [0.25, 0.3) is 5.76 Å². The maximum absolute atomic E-state index is 13.4.